The fourth-order valence-corrected chi connectivity index (χ4v) is 1.22. The van der Waals surface area contributed by atoms with Gasteiger partial charge in [-0.15, -0.1) is 0 Å². The molecule has 0 spiro atoms. The summed E-state index contributed by atoms with van der Waals surface area (Å²) < 4.78 is 5.24. The summed E-state index contributed by atoms with van der Waals surface area (Å²) in [5.41, 5.74) is 5.69. The van der Waals surface area contributed by atoms with Crippen molar-refractivity contribution in [2.45, 2.75) is 39.3 Å². The fraction of sp³-hybridized carbons (Fsp3) is 0.545. The smallest absolute Gasteiger partial charge is 0.189 e. The SMILES string of the molecule is CC(N=C(N)NC(C)(C)C)c1ccco1. The Hall–Kier alpha value is -1.45. The van der Waals surface area contributed by atoms with E-state index in [0.717, 1.165) is 5.76 Å². The highest BCUT2D eigenvalue weighted by Gasteiger charge is 2.12. The van der Waals surface area contributed by atoms with Gasteiger partial charge in [0, 0.05) is 5.54 Å². The molecule has 84 valence electrons. The van der Waals surface area contributed by atoms with Gasteiger partial charge in [0.2, 0.25) is 0 Å². The van der Waals surface area contributed by atoms with Crippen LogP contribution in [0.15, 0.2) is 27.8 Å². The lowest BCUT2D eigenvalue weighted by Crippen LogP contribution is -2.45. The first-order chi connectivity index (χ1) is 6.88. The summed E-state index contributed by atoms with van der Waals surface area (Å²) in [5, 5.41) is 3.10. The van der Waals surface area contributed by atoms with Crippen LogP contribution >= 0.6 is 0 Å². The van der Waals surface area contributed by atoms with Crippen LogP contribution < -0.4 is 11.1 Å². The summed E-state index contributed by atoms with van der Waals surface area (Å²) in [7, 11) is 0. The van der Waals surface area contributed by atoms with Crippen molar-refractivity contribution in [1.82, 2.24) is 5.32 Å². The van der Waals surface area contributed by atoms with Crippen LogP contribution in [0.3, 0.4) is 0 Å². The van der Waals surface area contributed by atoms with Crippen molar-refractivity contribution in [2.75, 3.05) is 0 Å². The maximum absolute atomic E-state index is 5.76. The summed E-state index contributed by atoms with van der Waals surface area (Å²) >= 11 is 0. The van der Waals surface area contributed by atoms with E-state index >= 15 is 0 Å². The lowest BCUT2D eigenvalue weighted by atomic mass is 10.1. The van der Waals surface area contributed by atoms with Crippen molar-refractivity contribution in [1.29, 1.82) is 0 Å². The van der Waals surface area contributed by atoms with E-state index in [9.17, 15) is 0 Å². The first-order valence-electron chi connectivity index (χ1n) is 5.03. The van der Waals surface area contributed by atoms with Gasteiger partial charge in [-0.25, -0.2) is 4.99 Å². The second-order valence-corrected chi connectivity index (χ2v) is 4.58. The van der Waals surface area contributed by atoms with E-state index in [-0.39, 0.29) is 11.6 Å². The highest BCUT2D eigenvalue weighted by atomic mass is 16.3. The van der Waals surface area contributed by atoms with Crippen LogP contribution in [0.1, 0.15) is 39.5 Å². The number of rotatable bonds is 2. The summed E-state index contributed by atoms with van der Waals surface area (Å²) in [6.45, 7) is 8.04. The Morgan fingerprint density at radius 2 is 2.20 bits per heavy atom. The quantitative estimate of drug-likeness (QED) is 0.578. The maximum Gasteiger partial charge on any atom is 0.189 e. The number of furan rings is 1. The van der Waals surface area contributed by atoms with Gasteiger partial charge in [-0.1, -0.05) is 0 Å². The number of guanidine groups is 1. The van der Waals surface area contributed by atoms with Crippen molar-refractivity contribution < 1.29 is 4.42 Å². The third kappa shape index (κ3) is 4.06. The number of nitrogens with two attached hydrogens (primary N) is 1. The van der Waals surface area contributed by atoms with E-state index in [1.54, 1.807) is 6.26 Å². The van der Waals surface area contributed by atoms with Gasteiger partial charge in [-0.3, -0.25) is 0 Å². The van der Waals surface area contributed by atoms with Crippen LogP contribution in [-0.2, 0) is 0 Å². The van der Waals surface area contributed by atoms with Gasteiger partial charge in [0.05, 0.1) is 6.26 Å². The molecule has 1 aromatic rings. The van der Waals surface area contributed by atoms with Crippen LogP contribution in [0.2, 0.25) is 0 Å². The van der Waals surface area contributed by atoms with Gasteiger partial charge in [0.15, 0.2) is 5.96 Å². The van der Waals surface area contributed by atoms with Gasteiger partial charge in [0.25, 0.3) is 0 Å². The van der Waals surface area contributed by atoms with Crippen molar-refractivity contribution >= 4 is 5.96 Å². The third-order valence-electron chi connectivity index (χ3n) is 1.79. The van der Waals surface area contributed by atoms with Crippen molar-refractivity contribution in [2.24, 2.45) is 10.7 Å². The standard InChI is InChI=1S/C11H19N3O/c1-8(9-6-5-7-15-9)13-10(12)14-11(2,3)4/h5-8H,1-4H3,(H3,12,13,14). The lowest BCUT2D eigenvalue weighted by molar-refractivity contribution is 0.474. The second-order valence-electron chi connectivity index (χ2n) is 4.58. The van der Waals surface area contributed by atoms with E-state index < -0.39 is 0 Å². The summed E-state index contributed by atoms with van der Waals surface area (Å²) in [5.74, 6) is 1.25. The van der Waals surface area contributed by atoms with Crippen LogP contribution in [0.5, 0.6) is 0 Å². The van der Waals surface area contributed by atoms with Gasteiger partial charge in [0.1, 0.15) is 11.8 Å². The molecule has 1 heterocycles. The molecular weight excluding hydrogens is 190 g/mol. The first-order valence-corrected chi connectivity index (χ1v) is 5.03. The molecule has 0 aliphatic rings. The van der Waals surface area contributed by atoms with Crippen molar-refractivity contribution in [3.8, 4) is 0 Å². The van der Waals surface area contributed by atoms with E-state index in [4.69, 9.17) is 10.2 Å². The van der Waals surface area contributed by atoms with Crippen LogP contribution in [-0.4, -0.2) is 11.5 Å². The minimum absolute atomic E-state index is 0.0603. The number of nitrogens with zero attached hydrogens (tertiary/aromatic N) is 1. The molecule has 0 amide bonds. The van der Waals surface area contributed by atoms with Gasteiger partial charge in [-0.05, 0) is 39.8 Å². The Labute approximate surface area is 90.6 Å². The predicted octanol–water partition coefficient (Wildman–Crippen LogP) is 2.04. The Kier molecular flexibility index (Phi) is 3.39. The Balaban J connectivity index is 2.63. The normalized spacial score (nSPS) is 15.1. The van der Waals surface area contributed by atoms with Crippen LogP contribution in [0, 0.1) is 0 Å². The molecule has 0 aliphatic carbocycles. The molecule has 0 radical (unpaired) electrons. The zero-order valence-corrected chi connectivity index (χ0v) is 9.74. The molecule has 1 rings (SSSR count). The fourth-order valence-electron chi connectivity index (χ4n) is 1.22. The zero-order chi connectivity index (χ0) is 11.5. The number of nitrogens with one attached hydrogen (secondary N) is 1. The number of hydrogen-bond donors (Lipinski definition) is 2. The molecule has 1 aromatic heterocycles. The highest BCUT2D eigenvalue weighted by Crippen LogP contribution is 2.16. The van der Waals surface area contributed by atoms with E-state index in [2.05, 4.69) is 10.3 Å². The molecule has 0 aromatic carbocycles. The molecule has 4 heteroatoms. The first kappa shape index (κ1) is 11.6. The molecule has 0 fully saturated rings. The maximum atomic E-state index is 5.76. The highest BCUT2D eigenvalue weighted by molar-refractivity contribution is 5.78. The third-order valence-corrected chi connectivity index (χ3v) is 1.79. The predicted molar refractivity (Wildman–Crippen MR) is 61.6 cm³/mol. The monoisotopic (exact) mass is 209 g/mol. The molecular formula is C11H19N3O. The molecule has 4 nitrogen and oxygen atoms in total. The van der Waals surface area contributed by atoms with Gasteiger partial charge >= 0.3 is 0 Å². The van der Waals surface area contributed by atoms with Crippen molar-refractivity contribution in [3.63, 3.8) is 0 Å². The minimum Gasteiger partial charge on any atom is -0.467 e. The summed E-state index contributed by atoms with van der Waals surface area (Å²) in [6.07, 6.45) is 1.63. The van der Waals surface area contributed by atoms with Crippen LogP contribution in [0.4, 0.5) is 0 Å². The van der Waals surface area contributed by atoms with Gasteiger partial charge < -0.3 is 15.5 Å². The summed E-state index contributed by atoms with van der Waals surface area (Å²) in [4.78, 5) is 4.29. The van der Waals surface area contributed by atoms with E-state index in [1.165, 1.54) is 0 Å². The molecule has 0 bridgehead atoms. The molecule has 0 aliphatic heterocycles. The largest absolute Gasteiger partial charge is 0.467 e. The number of aliphatic imine (C=N–C) groups is 1. The Bertz CT molecular complexity index is 322. The molecule has 3 N–H and O–H groups in total. The minimum atomic E-state index is -0.0729. The zero-order valence-electron chi connectivity index (χ0n) is 9.74. The summed E-state index contributed by atoms with van der Waals surface area (Å²) in [6, 6.07) is 3.67. The average molecular weight is 209 g/mol. The van der Waals surface area contributed by atoms with Gasteiger partial charge in [-0.2, -0.15) is 0 Å². The molecule has 15 heavy (non-hydrogen) atoms. The molecule has 0 saturated heterocycles. The second kappa shape index (κ2) is 4.38. The number of hydrogen-bond acceptors (Lipinski definition) is 2. The average Bonchev–Trinajstić information content (AvgIpc) is 2.50. The molecule has 1 atom stereocenters. The topological polar surface area (TPSA) is 63.5 Å². The Morgan fingerprint density at radius 1 is 1.53 bits per heavy atom. The Morgan fingerprint density at radius 3 is 2.67 bits per heavy atom. The molecule has 0 saturated carbocycles. The van der Waals surface area contributed by atoms with Crippen LogP contribution in [0.25, 0.3) is 0 Å². The van der Waals surface area contributed by atoms with E-state index in [1.807, 2.05) is 39.8 Å². The lowest BCUT2D eigenvalue weighted by Gasteiger charge is -2.21. The molecule has 1 unspecified atom stereocenters. The van der Waals surface area contributed by atoms with E-state index in [0.29, 0.717) is 5.96 Å². The van der Waals surface area contributed by atoms with Crippen molar-refractivity contribution in [3.05, 3.63) is 24.2 Å².